The Balaban J connectivity index is 1.71. The van der Waals surface area contributed by atoms with E-state index in [9.17, 15) is 9.59 Å². The molecule has 3 rings (SSSR count). The molecule has 114 valence electrons. The quantitative estimate of drug-likeness (QED) is 0.807. The summed E-state index contributed by atoms with van der Waals surface area (Å²) >= 11 is 0. The van der Waals surface area contributed by atoms with Crippen molar-refractivity contribution in [1.29, 1.82) is 0 Å². The highest BCUT2D eigenvalue weighted by Crippen LogP contribution is 2.16. The van der Waals surface area contributed by atoms with Gasteiger partial charge in [-0.2, -0.15) is 0 Å². The highest BCUT2D eigenvalue weighted by molar-refractivity contribution is 5.69. The molecule has 0 bridgehead atoms. The van der Waals surface area contributed by atoms with Crippen LogP contribution in [-0.2, 0) is 35.5 Å². The zero-order valence-corrected chi connectivity index (χ0v) is 12.5. The molecule has 1 aromatic heterocycles. The monoisotopic (exact) mass is 298 g/mol. The number of aromatic nitrogens is 2. The largest absolute Gasteiger partial charge is 0.459 e. The molecular formula is C17H18N2O3. The summed E-state index contributed by atoms with van der Waals surface area (Å²) in [4.78, 5) is 28.8. The van der Waals surface area contributed by atoms with Gasteiger partial charge in [0.15, 0.2) is 0 Å². The lowest BCUT2D eigenvalue weighted by Gasteiger charge is -2.11. The Labute approximate surface area is 128 Å². The summed E-state index contributed by atoms with van der Waals surface area (Å²) in [5.41, 5.74) is 2.46. The maximum atomic E-state index is 12.4. The van der Waals surface area contributed by atoms with Crippen LogP contribution < -0.4 is 5.56 Å². The van der Waals surface area contributed by atoms with E-state index in [4.69, 9.17) is 4.74 Å². The zero-order chi connectivity index (χ0) is 15.5. The predicted molar refractivity (Wildman–Crippen MR) is 81.5 cm³/mol. The minimum Gasteiger partial charge on any atom is -0.459 e. The van der Waals surface area contributed by atoms with Crippen molar-refractivity contribution in [3.8, 4) is 0 Å². The van der Waals surface area contributed by atoms with E-state index >= 15 is 0 Å². The Bertz CT molecular complexity index is 750. The van der Waals surface area contributed by atoms with Crippen LogP contribution in [0.5, 0.6) is 0 Å². The summed E-state index contributed by atoms with van der Waals surface area (Å²) < 4.78 is 6.65. The van der Waals surface area contributed by atoms with Crippen molar-refractivity contribution < 1.29 is 9.53 Å². The van der Waals surface area contributed by atoms with Crippen molar-refractivity contribution in [1.82, 2.24) is 9.55 Å². The first-order valence-electron chi connectivity index (χ1n) is 7.44. The molecule has 22 heavy (non-hydrogen) atoms. The SMILES string of the molecule is Cc1nc2c(c(=O)n1CC(=O)OCc1ccccc1)CCC2. The second kappa shape index (κ2) is 6.13. The lowest BCUT2D eigenvalue weighted by atomic mass is 10.2. The van der Waals surface area contributed by atoms with Crippen LogP contribution in [0, 0.1) is 6.92 Å². The third-order valence-electron chi connectivity index (χ3n) is 3.91. The van der Waals surface area contributed by atoms with Gasteiger partial charge in [-0.15, -0.1) is 0 Å². The maximum absolute atomic E-state index is 12.4. The number of carbonyl (C=O) groups excluding carboxylic acids is 1. The number of esters is 1. The van der Waals surface area contributed by atoms with Gasteiger partial charge in [-0.3, -0.25) is 14.2 Å². The molecule has 5 heteroatoms. The molecule has 5 nitrogen and oxygen atoms in total. The summed E-state index contributed by atoms with van der Waals surface area (Å²) in [6.45, 7) is 1.88. The molecule has 0 aliphatic heterocycles. The molecule has 0 unspecified atom stereocenters. The molecule has 1 aliphatic rings. The smallest absolute Gasteiger partial charge is 0.326 e. The molecule has 1 heterocycles. The highest BCUT2D eigenvalue weighted by Gasteiger charge is 2.20. The average molecular weight is 298 g/mol. The average Bonchev–Trinajstić information content (AvgIpc) is 2.99. The van der Waals surface area contributed by atoms with Crippen LogP contribution in [0.25, 0.3) is 0 Å². The summed E-state index contributed by atoms with van der Waals surface area (Å²) in [5.74, 6) is 0.149. The molecule has 2 aromatic rings. The van der Waals surface area contributed by atoms with Crippen LogP contribution >= 0.6 is 0 Å². The molecule has 1 aliphatic carbocycles. The van der Waals surface area contributed by atoms with Crippen LogP contribution in [0.15, 0.2) is 35.1 Å². The maximum Gasteiger partial charge on any atom is 0.326 e. The number of hydrogen-bond donors (Lipinski definition) is 0. The Morgan fingerprint density at radius 2 is 2.05 bits per heavy atom. The number of carbonyl (C=O) groups is 1. The molecular weight excluding hydrogens is 280 g/mol. The molecule has 0 saturated heterocycles. The van der Waals surface area contributed by atoms with Crippen molar-refractivity contribution in [3.05, 3.63) is 63.3 Å². The highest BCUT2D eigenvalue weighted by atomic mass is 16.5. The summed E-state index contributed by atoms with van der Waals surface area (Å²) in [6.07, 6.45) is 2.56. The summed E-state index contributed by atoms with van der Waals surface area (Å²) in [5, 5.41) is 0. The van der Waals surface area contributed by atoms with Crippen molar-refractivity contribution in [3.63, 3.8) is 0 Å². The fourth-order valence-corrected chi connectivity index (χ4v) is 2.75. The summed E-state index contributed by atoms with van der Waals surface area (Å²) in [6, 6.07) is 9.47. The number of benzene rings is 1. The second-order valence-corrected chi connectivity index (χ2v) is 5.48. The van der Waals surface area contributed by atoms with E-state index in [1.165, 1.54) is 4.57 Å². The minimum absolute atomic E-state index is 0.0855. The molecule has 0 N–H and O–H groups in total. The molecule has 0 radical (unpaired) electrons. The first kappa shape index (κ1) is 14.5. The fraction of sp³-hybridized carbons (Fsp3) is 0.353. The standard InChI is InChI=1S/C17H18N2O3/c1-12-18-15-9-5-8-14(15)17(21)19(12)10-16(20)22-11-13-6-3-2-4-7-13/h2-4,6-7H,5,8-11H2,1H3. The van der Waals surface area contributed by atoms with Gasteiger partial charge in [0.1, 0.15) is 19.0 Å². The number of ether oxygens (including phenoxy) is 1. The molecule has 0 atom stereocenters. The van der Waals surface area contributed by atoms with Crippen LogP contribution in [0.2, 0.25) is 0 Å². The van der Waals surface area contributed by atoms with Crippen LogP contribution in [0.3, 0.4) is 0 Å². The van der Waals surface area contributed by atoms with Gasteiger partial charge >= 0.3 is 5.97 Å². The van der Waals surface area contributed by atoms with Crippen molar-refractivity contribution >= 4 is 5.97 Å². The van der Waals surface area contributed by atoms with Crippen molar-refractivity contribution in [2.24, 2.45) is 0 Å². The van der Waals surface area contributed by atoms with Gasteiger partial charge in [0.25, 0.3) is 5.56 Å². The van der Waals surface area contributed by atoms with Crippen LogP contribution in [0.1, 0.15) is 29.1 Å². The second-order valence-electron chi connectivity index (χ2n) is 5.48. The van der Waals surface area contributed by atoms with Crippen molar-refractivity contribution in [2.45, 2.75) is 39.3 Å². The van der Waals surface area contributed by atoms with Gasteiger partial charge in [-0.05, 0) is 31.7 Å². The molecule has 0 saturated carbocycles. The van der Waals surface area contributed by atoms with Gasteiger partial charge in [0.2, 0.25) is 0 Å². The minimum atomic E-state index is -0.422. The van der Waals surface area contributed by atoms with Gasteiger partial charge in [0, 0.05) is 5.56 Å². The molecule has 0 amide bonds. The van der Waals surface area contributed by atoms with E-state index in [0.717, 1.165) is 36.1 Å². The Kier molecular flexibility index (Phi) is 4.04. The first-order valence-corrected chi connectivity index (χ1v) is 7.44. The number of rotatable bonds is 4. The predicted octanol–water partition coefficient (Wildman–Crippen LogP) is 1.78. The lowest BCUT2D eigenvalue weighted by molar-refractivity contribution is -0.145. The molecule has 0 spiro atoms. The van der Waals surface area contributed by atoms with Gasteiger partial charge in [0.05, 0.1) is 5.69 Å². The Morgan fingerprint density at radius 3 is 2.82 bits per heavy atom. The fourth-order valence-electron chi connectivity index (χ4n) is 2.75. The topological polar surface area (TPSA) is 61.2 Å². The van der Waals surface area contributed by atoms with Gasteiger partial charge in [-0.1, -0.05) is 30.3 Å². The Morgan fingerprint density at radius 1 is 1.27 bits per heavy atom. The number of nitrogens with zero attached hydrogens (tertiary/aromatic N) is 2. The van der Waals surface area contributed by atoms with Gasteiger partial charge in [-0.25, -0.2) is 4.98 Å². The van der Waals surface area contributed by atoms with Crippen LogP contribution in [0.4, 0.5) is 0 Å². The first-order chi connectivity index (χ1) is 10.6. The van der Waals surface area contributed by atoms with E-state index in [1.807, 2.05) is 30.3 Å². The number of fused-ring (bicyclic) bond motifs is 1. The third kappa shape index (κ3) is 2.93. The van der Waals surface area contributed by atoms with E-state index in [1.54, 1.807) is 6.92 Å². The Hall–Kier alpha value is -2.43. The zero-order valence-electron chi connectivity index (χ0n) is 12.5. The number of hydrogen-bond acceptors (Lipinski definition) is 4. The normalized spacial score (nSPS) is 13.0. The molecule has 1 aromatic carbocycles. The van der Waals surface area contributed by atoms with E-state index < -0.39 is 5.97 Å². The van der Waals surface area contributed by atoms with Gasteiger partial charge < -0.3 is 4.74 Å². The van der Waals surface area contributed by atoms with E-state index in [0.29, 0.717) is 5.82 Å². The lowest BCUT2D eigenvalue weighted by Crippen LogP contribution is -2.30. The summed E-state index contributed by atoms with van der Waals surface area (Å²) in [7, 11) is 0. The van der Waals surface area contributed by atoms with E-state index in [-0.39, 0.29) is 18.7 Å². The number of aryl methyl sites for hydroxylation is 2. The molecule has 0 fully saturated rings. The van der Waals surface area contributed by atoms with Crippen molar-refractivity contribution in [2.75, 3.05) is 0 Å². The van der Waals surface area contributed by atoms with Crippen LogP contribution in [-0.4, -0.2) is 15.5 Å². The third-order valence-corrected chi connectivity index (χ3v) is 3.91. The van der Waals surface area contributed by atoms with E-state index in [2.05, 4.69) is 4.98 Å².